The van der Waals surface area contributed by atoms with Crippen molar-refractivity contribution in [2.45, 2.75) is 71.5 Å². The molecule has 0 aliphatic carbocycles. The number of nitrogens with zero attached hydrogens (tertiary/aromatic N) is 1. The summed E-state index contributed by atoms with van der Waals surface area (Å²) in [5, 5.41) is 0.921. The molecule has 4 rings (SSSR count). The molecule has 0 spiro atoms. The van der Waals surface area contributed by atoms with Crippen molar-refractivity contribution < 1.29 is 14.0 Å². The van der Waals surface area contributed by atoms with Crippen molar-refractivity contribution in [1.82, 2.24) is 4.98 Å². The van der Waals surface area contributed by atoms with Gasteiger partial charge in [-0.15, -0.1) is 0 Å². The Morgan fingerprint density at radius 2 is 1.54 bits per heavy atom. The smallest absolute Gasteiger partial charge is 0.214 e. The van der Waals surface area contributed by atoms with Gasteiger partial charge >= 0.3 is 0 Å². The van der Waals surface area contributed by atoms with E-state index in [1.807, 2.05) is 49.4 Å². The predicted octanol–water partition coefficient (Wildman–Crippen LogP) is 9.95. The number of halogens is 1. The fourth-order valence-electron chi connectivity index (χ4n) is 6.38. The summed E-state index contributed by atoms with van der Waals surface area (Å²) in [4.78, 5) is 18.1. The first-order chi connectivity index (χ1) is 19.5. The molecule has 216 valence electrons. The van der Waals surface area contributed by atoms with E-state index in [2.05, 4.69) is 86.7 Å². The maximum atomic E-state index is 13.5. The highest BCUT2D eigenvalue weighted by molar-refractivity contribution is 9.10. The zero-order chi connectivity index (χ0) is 29.9. The number of methoxy groups -OCH3 is 1. The minimum atomic E-state index is -1.92. The number of benzene rings is 3. The van der Waals surface area contributed by atoms with E-state index in [0.717, 1.165) is 45.1 Å². The Morgan fingerprint density at radius 3 is 2.17 bits per heavy atom. The summed E-state index contributed by atoms with van der Waals surface area (Å²) in [5.74, 6) is 0.536. The lowest BCUT2D eigenvalue weighted by Crippen LogP contribution is -2.48. The predicted molar refractivity (Wildman–Crippen MR) is 177 cm³/mol. The third-order valence-corrected chi connectivity index (χ3v) is 15.4. The SMILES string of the molecule is COc1cc(-c2cccc(CCO[Si](C(C)C)(C(C)C)C(C)C)c2)c2cc(C(=O)c3ccc(Br)c(C)c3)ccc2n1. The topological polar surface area (TPSA) is 48.4 Å². The number of aromatic nitrogens is 1. The van der Waals surface area contributed by atoms with E-state index < -0.39 is 8.32 Å². The first-order valence-corrected chi connectivity index (χ1v) is 17.4. The summed E-state index contributed by atoms with van der Waals surface area (Å²) < 4.78 is 13.4. The molecule has 0 radical (unpaired) electrons. The standard InChI is InChI=1S/C35H42BrNO3Si/c1-22(2)41(23(3)4,24(5)6)40-17-16-26-10-9-11-27(19-26)30-21-34(39-8)37-33-15-13-29(20-31(30)33)35(38)28-12-14-32(36)25(7)18-28/h9-15,18-24H,16-17H2,1-8H3. The molecular formula is C35H42BrNO3Si. The van der Waals surface area contributed by atoms with Gasteiger partial charge in [-0.1, -0.05) is 81.7 Å². The average molecular weight is 633 g/mol. The fraction of sp³-hybridized carbons (Fsp3) is 0.371. The van der Waals surface area contributed by atoms with Crippen molar-refractivity contribution in [2.24, 2.45) is 0 Å². The van der Waals surface area contributed by atoms with E-state index in [4.69, 9.17) is 9.16 Å². The molecule has 0 bridgehead atoms. The van der Waals surface area contributed by atoms with Gasteiger partial charge in [0, 0.05) is 33.7 Å². The number of hydrogen-bond acceptors (Lipinski definition) is 4. The Labute approximate surface area is 254 Å². The second-order valence-corrected chi connectivity index (χ2v) is 18.2. The zero-order valence-corrected chi connectivity index (χ0v) is 28.1. The summed E-state index contributed by atoms with van der Waals surface area (Å²) in [6.07, 6.45) is 0.849. The Bertz CT molecular complexity index is 1520. The quantitative estimate of drug-likeness (QED) is 0.122. The first-order valence-electron chi connectivity index (χ1n) is 14.5. The molecule has 0 aliphatic rings. The third-order valence-electron chi connectivity index (χ3n) is 8.36. The number of aryl methyl sites for hydroxylation is 1. The van der Waals surface area contributed by atoms with Crippen molar-refractivity contribution >= 4 is 40.9 Å². The van der Waals surface area contributed by atoms with Crippen LogP contribution in [0.5, 0.6) is 5.88 Å². The van der Waals surface area contributed by atoms with Gasteiger partial charge in [-0.25, -0.2) is 4.98 Å². The van der Waals surface area contributed by atoms with Crippen LogP contribution in [0.3, 0.4) is 0 Å². The summed E-state index contributed by atoms with van der Waals surface area (Å²) >= 11 is 3.53. The van der Waals surface area contributed by atoms with Crippen molar-refractivity contribution in [1.29, 1.82) is 0 Å². The lowest BCUT2D eigenvalue weighted by Gasteiger charge is -2.42. The maximum absolute atomic E-state index is 13.5. The summed E-state index contributed by atoms with van der Waals surface area (Å²) in [6, 6.07) is 22.0. The van der Waals surface area contributed by atoms with Crippen LogP contribution < -0.4 is 4.74 Å². The molecule has 1 aromatic heterocycles. The molecule has 4 aromatic rings. The molecule has 6 heteroatoms. The van der Waals surface area contributed by atoms with Crippen LogP contribution in [0, 0.1) is 6.92 Å². The molecule has 0 unspecified atom stereocenters. The maximum Gasteiger partial charge on any atom is 0.214 e. The highest BCUT2D eigenvalue weighted by atomic mass is 79.9. The Hall–Kier alpha value is -2.80. The van der Waals surface area contributed by atoms with Crippen molar-refractivity contribution in [3.8, 4) is 17.0 Å². The van der Waals surface area contributed by atoms with Gasteiger partial charge in [-0.05, 0) is 88.6 Å². The highest BCUT2D eigenvalue weighted by Gasteiger charge is 2.44. The molecule has 0 N–H and O–H groups in total. The van der Waals surface area contributed by atoms with Crippen LogP contribution in [-0.2, 0) is 10.8 Å². The van der Waals surface area contributed by atoms with Crippen LogP contribution in [0.1, 0.15) is 68.6 Å². The highest BCUT2D eigenvalue weighted by Crippen LogP contribution is 2.42. The number of fused-ring (bicyclic) bond motifs is 1. The van der Waals surface area contributed by atoms with E-state index in [1.54, 1.807) is 7.11 Å². The van der Waals surface area contributed by atoms with Gasteiger partial charge in [0.15, 0.2) is 14.1 Å². The zero-order valence-electron chi connectivity index (χ0n) is 25.5. The van der Waals surface area contributed by atoms with Crippen molar-refractivity contribution in [3.63, 3.8) is 0 Å². The second-order valence-electron chi connectivity index (χ2n) is 11.9. The van der Waals surface area contributed by atoms with E-state index in [1.165, 1.54) is 5.56 Å². The molecule has 41 heavy (non-hydrogen) atoms. The van der Waals surface area contributed by atoms with Gasteiger partial charge in [0.05, 0.1) is 12.6 Å². The number of hydrogen-bond donors (Lipinski definition) is 0. The molecule has 1 heterocycles. The van der Waals surface area contributed by atoms with Crippen LogP contribution in [0.25, 0.3) is 22.0 Å². The van der Waals surface area contributed by atoms with Crippen LogP contribution in [0.15, 0.2) is 71.2 Å². The van der Waals surface area contributed by atoms with Crippen LogP contribution in [-0.4, -0.2) is 32.8 Å². The molecular weight excluding hydrogens is 590 g/mol. The van der Waals surface area contributed by atoms with Gasteiger partial charge in [0.25, 0.3) is 0 Å². The molecule has 4 nitrogen and oxygen atoms in total. The third kappa shape index (κ3) is 6.50. The largest absolute Gasteiger partial charge is 0.481 e. The summed E-state index contributed by atoms with van der Waals surface area (Å²) in [7, 11) is -0.286. The molecule has 0 amide bonds. The normalized spacial score (nSPS) is 12.1. The minimum Gasteiger partial charge on any atom is -0.481 e. The van der Waals surface area contributed by atoms with Crippen molar-refractivity contribution in [2.75, 3.05) is 13.7 Å². The number of carbonyl (C=O) groups excluding carboxylic acids is 1. The second kappa shape index (κ2) is 13.0. The molecule has 0 aliphatic heterocycles. The first kappa shape index (κ1) is 31.1. The van der Waals surface area contributed by atoms with E-state index in [9.17, 15) is 4.79 Å². The van der Waals surface area contributed by atoms with Crippen LogP contribution in [0.2, 0.25) is 16.6 Å². The van der Waals surface area contributed by atoms with Gasteiger partial charge in [-0.3, -0.25) is 4.79 Å². The number of ketones is 1. The van der Waals surface area contributed by atoms with Gasteiger partial charge in [-0.2, -0.15) is 0 Å². The fourth-order valence-corrected chi connectivity index (χ4v) is 12.1. The van der Waals surface area contributed by atoms with E-state index >= 15 is 0 Å². The van der Waals surface area contributed by atoms with Gasteiger partial charge in [0.2, 0.25) is 5.88 Å². The Balaban J connectivity index is 1.68. The number of carbonyl (C=O) groups is 1. The Morgan fingerprint density at radius 1 is 0.878 bits per heavy atom. The molecule has 0 saturated carbocycles. The number of rotatable bonds is 11. The minimum absolute atomic E-state index is 0.0109. The monoisotopic (exact) mass is 631 g/mol. The Kier molecular flexibility index (Phi) is 9.88. The summed E-state index contributed by atoms with van der Waals surface area (Å²) in [6.45, 7) is 16.7. The number of pyridine rings is 1. The van der Waals surface area contributed by atoms with Gasteiger partial charge < -0.3 is 9.16 Å². The van der Waals surface area contributed by atoms with Crippen LogP contribution in [0.4, 0.5) is 0 Å². The van der Waals surface area contributed by atoms with Crippen LogP contribution >= 0.6 is 15.9 Å². The molecule has 0 fully saturated rings. The molecule has 0 atom stereocenters. The van der Waals surface area contributed by atoms with Gasteiger partial charge in [0.1, 0.15) is 0 Å². The van der Waals surface area contributed by atoms with Crippen molar-refractivity contribution in [3.05, 3.63) is 93.5 Å². The van der Waals surface area contributed by atoms with E-state index in [-0.39, 0.29) is 5.78 Å². The molecule has 3 aromatic carbocycles. The van der Waals surface area contributed by atoms with E-state index in [0.29, 0.717) is 33.6 Å². The lowest BCUT2D eigenvalue weighted by atomic mass is 9.95. The lowest BCUT2D eigenvalue weighted by molar-refractivity contribution is 0.103. The molecule has 0 saturated heterocycles. The average Bonchev–Trinajstić information content (AvgIpc) is 2.95. The summed E-state index contributed by atoms with van der Waals surface area (Å²) in [5.41, 5.74) is 8.08. The number of ether oxygens (including phenoxy) is 1.